The maximum Gasteiger partial charge on any atom is 0.251 e. The molecule has 5 heteroatoms. The lowest BCUT2D eigenvalue weighted by Crippen LogP contribution is -2.45. The van der Waals surface area contributed by atoms with Crippen molar-refractivity contribution in [1.82, 2.24) is 5.32 Å². The van der Waals surface area contributed by atoms with Crippen LogP contribution in [0.25, 0.3) is 0 Å². The summed E-state index contributed by atoms with van der Waals surface area (Å²) in [6.07, 6.45) is 1.65. The second kappa shape index (κ2) is 5.89. The number of hydrogen-bond acceptors (Lipinski definition) is 3. The van der Waals surface area contributed by atoms with Crippen molar-refractivity contribution in [2.45, 2.75) is 38.3 Å². The van der Waals surface area contributed by atoms with Gasteiger partial charge in [-0.05, 0) is 38.8 Å². The standard InChI is InChI=1S/C15H20N2O2S/c1-15(2)9-12(6-7-19-15)17-14(18)11-5-3-4-10(8-11)13(16)20/h3-5,8,12H,6-7,9H2,1-2H3,(H2,16,20)(H,17,18). The Morgan fingerprint density at radius 1 is 1.45 bits per heavy atom. The topological polar surface area (TPSA) is 64.4 Å². The Morgan fingerprint density at radius 2 is 2.15 bits per heavy atom. The second-order valence-electron chi connectivity index (χ2n) is 5.72. The van der Waals surface area contributed by atoms with E-state index in [1.54, 1.807) is 24.3 Å². The summed E-state index contributed by atoms with van der Waals surface area (Å²) < 4.78 is 5.65. The van der Waals surface area contributed by atoms with Crippen LogP contribution in [0.3, 0.4) is 0 Å². The summed E-state index contributed by atoms with van der Waals surface area (Å²) >= 11 is 4.93. The van der Waals surface area contributed by atoms with Gasteiger partial charge in [0.1, 0.15) is 4.99 Å². The Bertz CT molecular complexity index is 528. The molecule has 0 radical (unpaired) electrons. The Hall–Kier alpha value is -1.46. The molecule has 0 bridgehead atoms. The van der Waals surface area contributed by atoms with Gasteiger partial charge in [0.05, 0.1) is 5.60 Å². The van der Waals surface area contributed by atoms with Crippen LogP contribution in [0.5, 0.6) is 0 Å². The molecule has 0 spiro atoms. The Labute approximate surface area is 124 Å². The summed E-state index contributed by atoms with van der Waals surface area (Å²) in [5, 5.41) is 3.05. The van der Waals surface area contributed by atoms with Gasteiger partial charge in [0.2, 0.25) is 0 Å². The first-order valence-corrected chi connectivity index (χ1v) is 7.13. The van der Waals surface area contributed by atoms with Crippen LogP contribution in [0, 0.1) is 0 Å². The predicted octanol–water partition coefficient (Wildman–Crippen LogP) is 2.01. The molecule has 1 saturated heterocycles. The first-order chi connectivity index (χ1) is 9.37. The number of benzene rings is 1. The molecule has 1 aromatic carbocycles. The highest BCUT2D eigenvalue weighted by atomic mass is 32.1. The Morgan fingerprint density at radius 3 is 2.80 bits per heavy atom. The van der Waals surface area contributed by atoms with E-state index in [9.17, 15) is 4.79 Å². The summed E-state index contributed by atoms with van der Waals surface area (Å²) in [5.74, 6) is -0.0919. The molecule has 1 aliphatic rings. The zero-order valence-electron chi connectivity index (χ0n) is 11.8. The molecule has 20 heavy (non-hydrogen) atoms. The average Bonchev–Trinajstić information content (AvgIpc) is 2.37. The Balaban J connectivity index is 2.05. The van der Waals surface area contributed by atoms with Crippen LogP contribution in [-0.2, 0) is 4.74 Å². The van der Waals surface area contributed by atoms with Gasteiger partial charge >= 0.3 is 0 Å². The lowest BCUT2D eigenvalue weighted by Gasteiger charge is -2.35. The first kappa shape index (κ1) is 14.9. The van der Waals surface area contributed by atoms with Gasteiger partial charge in [-0.15, -0.1) is 0 Å². The largest absolute Gasteiger partial charge is 0.389 e. The quantitative estimate of drug-likeness (QED) is 0.837. The summed E-state index contributed by atoms with van der Waals surface area (Å²) in [7, 11) is 0. The van der Waals surface area contributed by atoms with E-state index in [4.69, 9.17) is 22.7 Å². The van der Waals surface area contributed by atoms with Crippen molar-refractivity contribution in [2.24, 2.45) is 5.73 Å². The zero-order valence-corrected chi connectivity index (χ0v) is 12.6. The second-order valence-corrected chi connectivity index (χ2v) is 6.16. The molecule has 4 nitrogen and oxygen atoms in total. The third-order valence-corrected chi connectivity index (χ3v) is 3.68. The number of nitrogens with one attached hydrogen (secondary N) is 1. The van der Waals surface area contributed by atoms with E-state index < -0.39 is 0 Å². The number of ether oxygens (including phenoxy) is 1. The van der Waals surface area contributed by atoms with Gasteiger partial charge in [-0.1, -0.05) is 24.4 Å². The molecule has 0 saturated carbocycles. The van der Waals surface area contributed by atoms with E-state index in [-0.39, 0.29) is 17.6 Å². The molecular weight excluding hydrogens is 272 g/mol. The first-order valence-electron chi connectivity index (χ1n) is 6.72. The fourth-order valence-corrected chi connectivity index (χ4v) is 2.56. The molecule has 0 aliphatic carbocycles. The van der Waals surface area contributed by atoms with Gasteiger partial charge in [-0.25, -0.2) is 0 Å². The van der Waals surface area contributed by atoms with E-state index >= 15 is 0 Å². The molecule has 108 valence electrons. The van der Waals surface area contributed by atoms with E-state index in [1.165, 1.54) is 0 Å². The van der Waals surface area contributed by atoms with Crippen molar-refractivity contribution in [3.05, 3.63) is 35.4 Å². The normalized spacial score (nSPS) is 21.2. The molecule has 1 unspecified atom stereocenters. The number of nitrogens with two attached hydrogens (primary N) is 1. The fraction of sp³-hybridized carbons (Fsp3) is 0.467. The number of carbonyl (C=O) groups excluding carboxylic acids is 1. The van der Waals surface area contributed by atoms with E-state index in [2.05, 4.69) is 5.32 Å². The van der Waals surface area contributed by atoms with Crippen molar-refractivity contribution >= 4 is 23.1 Å². The molecule has 1 aromatic rings. The third kappa shape index (κ3) is 3.77. The van der Waals surface area contributed by atoms with Crippen LogP contribution >= 0.6 is 12.2 Å². The fourth-order valence-electron chi connectivity index (χ4n) is 2.44. The summed E-state index contributed by atoms with van der Waals surface area (Å²) in [6.45, 7) is 4.75. The molecule has 1 atom stereocenters. The lowest BCUT2D eigenvalue weighted by atomic mass is 9.93. The van der Waals surface area contributed by atoms with Gasteiger partial charge in [0.25, 0.3) is 5.91 Å². The Kier molecular flexibility index (Phi) is 4.40. The van der Waals surface area contributed by atoms with Crippen molar-refractivity contribution in [3.8, 4) is 0 Å². The van der Waals surface area contributed by atoms with Crippen LogP contribution in [0.4, 0.5) is 0 Å². The summed E-state index contributed by atoms with van der Waals surface area (Å²) in [6, 6.07) is 7.22. The van der Waals surface area contributed by atoms with Crippen molar-refractivity contribution in [3.63, 3.8) is 0 Å². The maximum absolute atomic E-state index is 12.3. The highest BCUT2D eigenvalue weighted by molar-refractivity contribution is 7.80. The van der Waals surface area contributed by atoms with Gasteiger partial charge in [-0.3, -0.25) is 4.79 Å². The molecular formula is C15H20N2O2S. The van der Waals surface area contributed by atoms with Gasteiger partial charge in [0.15, 0.2) is 0 Å². The summed E-state index contributed by atoms with van der Waals surface area (Å²) in [5.41, 5.74) is 6.69. The number of amides is 1. The van der Waals surface area contributed by atoms with E-state index in [1.807, 2.05) is 13.8 Å². The highest BCUT2D eigenvalue weighted by Crippen LogP contribution is 2.24. The molecule has 1 amide bonds. The lowest BCUT2D eigenvalue weighted by molar-refractivity contribution is -0.0615. The zero-order chi connectivity index (χ0) is 14.8. The third-order valence-electron chi connectivity index (χ3n) is 3.44. The van der Waals surface area contributed by atoms with Gasteiger partial charge < -0.3 is 15.8 Å². The van der Waals surface area contributed by atoms with Crippen molar-refractivity contribution in [1.29, 1.82) is 0 Å². The SMILES string of the molecule is CC1(C)CC(NC(=O)c2cccc(C(N)=S)c2)CCO1. The maximum atomic E-state index is 12.3. The molecule has 1 aliphatic heterocycles. The smallest absolute Gasteiger partial charge is 0.251 e. The molecule has 3 N–H and O–H groups in total. The van der Waals surface area contributed by atoms with E-state index in [0.717, 1.165) is 12.8 Å². The predicted molar refractivity (Wildman–Crippen MR) is 82.8 cm³/mol. The molecule has 1 fully saturated rings. The monoisotopic (exact) mass is 292 g/mol. The number of thiocarbonyl (C=S) groups is 1. The van der Waals surface area contributed by atoms with Gasteiger partial charge in [0, 0.05) is 23.8 Å². The minimum absolute atomic E-state index is 0.0919. The number of rotatable bonds is 3. The minimum Gasteiger partial charge on any atom is -0.389 e. The van der Waals surface area contributed by atoms with Crippen LogP contribution in [-0.4, -0.2) is 29.1 Å². The van der Waals surface area contributed by atoms with Crippen molar-refractivity contribution in [2.75, 3.05) is 6.61 Å². The van der Waals surface area contributed by atoms with Crippen LogP contribution in [0.1, 0.15) is 42.6 Å². The van der Waals surface area contributed by atoms with Crippen LogP contribution < -0.4 is 11.1 Å². The van der Waals surface area contributed by atoms with E-state index in [0.29, 0.717) is 22.7 Å². The van der Waals surface area contributed by atoms with Crippen LogP contribution in [0.15, 0.2) is 24.3 Å². The molecule has 2 rings (SSSR count). The van der Waals surface area contributed by atoms with Gasteiger partial charge in [-0.2, -0.15) is 0 Å². The van der Waals surface area contributed by atoms with Crippen molar-refractivity contribution < 1.29 is 9.53 Å². The number of carbonyl (C=O) groups is 1. The number of hydrogen-bond donors (Lipinski definition) is 2. The minimum atomic E-state index is -0.184. The highest BCUT2D eigenvalue weighted by Gasteiger charge is 2.29. The average molecular weight is 292 g/mol. The van der Waals surface area contributed by atoms with Crippen LogP contribution in [0.2, 0.25) is 0 Å². The molecule has 0 aromatic heterocycles. The molecule has 1 heterocycles. The summed E-state index contributed by atoms with van der Waals surface area (Å²) in [4.78, 5) is 12.6.